The summed E-state index contributed by atoms with van der Waals surface area (Å²) in [5.74, 6) is -1.04. The van der Waals surface area contributed by atoms with Crippen LogP contribution in [0.25, 0.3) is 0 Å². The molecule has 0 saturated carbocycles. The van der Waals surface area contributed by atoms with E-state index in [1.807, 2.05) is 0 Å². The Balaban J connectivity index is 0.000000271. The Morgan fingerprint density at radius 1 is 0.852 bits per heavy atom. The molecular formula is C17H18Cl2N2O6. The number of rotatable bonds is 4. The average Bonchev–Trinajstić information content (AvgIpc) is 2.64. The van der Waals surface area contributed by atoms with Gasteiger partial charge in [-0.3, -0.25) is 0 Å². The number of nitrogen functional groups attached to an aromatic ring is 2. The van der Waals surface area contributed by atoms with Crippen LogP contribution in [-0.2, 0) is 4.74 Å². The minimum absolute atomic E-state index is 0.0515. The fraction of sp³-hybridized carbons (Fsp3) is 0.176. The minimum atomic E-state index is -1.13. The highest BCUT2D eigenvalue weighted by molar-refractivity contribution is 6.31. The molecule has 2 rings (SSSR count). The number of carbonyl (C=O) groups is 2. The number of halogens is 2. The number of carboxylic acids is 1. The van der Waals surface area contributed by atoms with E-state index < -0.39 is 11.9 Å². The van der Waals surface area contributed by atoms with Crippen molar-refractivity contribution >= 4 is 46.5 Å². The molecule has 0 radical (unpaired) electrons. The fourth-order valence-electron chi connectivity index (χ4n) is 1.98. The van der Waals surface area contributed by atoms with Gasteiger partial charge in [0, 0.05) is 22.2 Å². The van der Waals surface area contributed by atoms with E-state index in [0.717, 1.165) is 0 Å². The lowest BCUT2D eigenvalue weighted by atomic mass is 10.1. The lowest BCUT2D eigenvalue weighted by Gasteiger charge is -2.09. The summed E-state index contributed by atoms with van der Waals surface area (Å²) in [5, 5.41) is 9.37. The van der Waals surface area contributed by atoms with Crippen LogP contribution < -0.4 is 20.9 Å². The molecule has 0 spiro atoms. The van der Waals surface area contributed by atoms with Gasteiger partial charge in [-0.15, -0.1) is 0 Å². The molecule has 0 atom stereocenters. The zero-order valence-corrected chi connectivity index (χ0v) is 16.2. The van der Waals surface area contributed by atoms with Gasteiger partial charge in [0.25, 0.3) is 0 Å². The largest absolute Gasteiger partial charge is 0.495 e. The van der Waals surface area contributed by atoms with Crippen LogP contribution in [0.2, 0.25) is 10.0 Å². The minimum Gasteiger partial charge on any atom is -0.495 e. The highest BCUT2D eigenvalue weighted by atomic mass is 35.5. The lowest BCUT2D eigenvalue weighted by molar-refractivity contribution is 0.0600. The van der Waals surface area contributed by atoms with Gasteiger partial charge < -0.3 is 30.8 Å². The van der Waals surface area contributed by atoms with Crippen molar-refractivity contribution in [2.24, 2.45) is 0 Å². The van der Waals surface area contributed by atoms with Crippen molar-refractivity contribution in [2.75, 3.05) is 32.8 Å². The molecule has 0 aromatic heterocycles. The Kier molecular flexibility index (Phi) is 8.01. The Morgan fingerprint density at radius 2 is 1.26 bits per heavy atom. The number of methoxy groups -OCH3 is 3. The molecule has 5 N–H and O–H groups in total. The third kappa shape index (κ3) is 5.57. The predicted octanol–water partition coefficient (Wildman–Crippen LogP) is 3.35. The Bertz CT molecular complexity index is 858. The first kappa shape index (κ1) is 22.2. The lowest BCUT2D eigenvalue weighted by Crippen LogP contribution is -2.06. The second kappa shape index (κ2) is 9.75. The van der Waals surface area contributed by atoms with Crippen molar-refractivity contribution < 1.29 is 28.9 Å². The van der Waals surface area contributed by atoms with E-state index in [0.29, 0.717) is 10.8 Å². The van der Waals surface area contributed by atoms with Gasteiger partial charge >= 0.3 is 11.9 Å². The summed E-state index contributed by atoms with van der Waals surface area (Å²) in [6.07, 6.45) is 0. The van der Waals surface area contributed by atoms with E-state index in [1.165, 1.54) is 45.6 Å². The third-order valence-electron chi connectivity index (χ3n) is 3.29. The van der Waals surface area contributed by atoms with Crippen LogP contribution in [0.15, 0.2) is 24.3 Å². The molecule has 0 aliphatic heterocycles. The standard InChI is InChI=1S/C9H10ClNO3.C8H8ClNO3/c1-13-7-4-5(10)3-6(8(7)11)9(12)14-2;1-13-6-3-4(9)2-5(7(6)10)8(11)12/h3-4H,11H2,1-2H3;2-3H,10H2,1H3,(H,11,12). The molecule has 0 aliphatic rings. The van der Waals surface area contributed by atoms with Crippen LogP contribution >= 0.6 is 23.2 Å². The van der Waals surface area contributed by atoms with Gasteiger partial charge in [-0.1, -0.05) is 23.2 Å². The topological polar surface area (TPSA) is 134 Å². The quantitative estimate of drug-likeness (QED) is 0.509. The molecule has 0 unspecified atom stereocenters. The maximum absolute atomic E-state index is 11.2. The molecular weight excluding hydrogens is 399 g/mol. The van der Waals surface area contributed by atoms with E-state index in [-0.39, 0.29) is 33.3 Å². The zero-order valence-electron chi connectivity index (χ0n) is 14.7. The molecule has 8 nitrogen and oxygen atoms in total. The first-order valence-electron chi connectivity index (χ1n) is 7.23. The number of carbonyl (C=O) groups excluding carboxylic acids is 1. The smallest absolute Gasteiger partial charge is 0.340 e. The van der Waals surface area contributed by atoms with Gasteiger partial charge in [0.15, 0.2) is 0 Å². The monoisotopic (exact) mass is 416 g/mol. The maximum atomic E-state index is 11.2. The van der Waals surface area contributed by atoms with Gasteiger partial charge in [-0.2, -0.15) is 0 Å². The highest BCUT2D eigenvalue weighted by Gasteiger charge is 2.15. The van der Waals surface area contributed by atoms with Gasteiger partial charge in [0.05, 0.1) is 43.8 Å². The normalized spacial score (nSPS) is 9.67. The molecule has 0 heterocycles. The Morgan fingerprint density at radius 3 is 1.63 bits per heavy atom. The SMILES string of the molecule is COC(=O)c1cc(Cl)cc(OC)c1N.COc1cc(Cl)cc(C(=O)O)c1N. The van der Waals surface area contributed by atoms with Crippen molar-refractivity contribution in [2.45, 2.75) is 0 Å². The number of carboxylic acid groups (broad SMARTS) is 1. The number of esters is 1. The van der Waals surface area contributed by atoms with Crippen LogP contribution in [0, 0.1) is 0 Å². The summed E-state index contributed by atoms with van der Waals surface area (Å²) in [6.45, 7) is 0. The van der Waals surface area contributed by atoms with Gasteiger partial charge in [0.1, 0.15) is 11.5 Å². The first-order valence-corrected chi connectivity index (χ1v) is 7.99. The number of nitrogens with two attached hydrogens (primary N) is 2. The van der Waals surface area contributed by atoms with Crippen molar-refractivity contribution in [3.63, 3.8) is 0 Å². The summed E-state index contributed by atoms with van der Waals surface area (Å²) >= 11 is 11.4. The molecule has 2 aromatic rings. The summed E-state index contributed by atoms with van der Waals surface area (Å²) in [6, 6.07) is 5.71. The van der Waals surface area contributed by atoms with Crippen LogP contribution in [0.4, 0.5) is 11.4 Å². The molecule has 0 bridgehead atoms. The molecule has 0 saturated heterocycles. The molecule has 146 valence electrons. The fourth-order valence-corrected chi connectivity index (χ4v) is 2.40. The first-order chi connectivity index (χ1) is 12.7. The van der Waals surface area contributed by atoms with Gasteiger partial charge in [-0.05, 0) is 12.1 Å². The van der Waals surface area contributed by atoms with Crippen molar-refractivity contribution in [1.29, 1.82) is 0 Å². The highest BCUT2D eigenvalue weighted by Crippen LogP contribution is 2.30. The van der Waals surface area contributed by atoms with Crippen molar-refractivity contribution in [1.82, 2.24) is 0 Å². The van der Waals surface area contributed by atoms with Crippen molar-refractivity contribution in [3.05, 3.63) is 45.4 Å². The van der Waals surface area contributed by atoms with E-state index >= 15 is 0 Å². The summed E-state index contributed by atoms with van der Waals surface area (Å²) in [5.41, 5.74) is 11.6. The Hall–Kier alpha value is -2.84. The van der Waals surface area contributed by atoms with Crippen LogP contribution in [-0.4, -0.2) is 38.4 Å². The molecule has 27 heavy (non-hydrogen) atoms. The van der Waals surface area contributed by atoms with Crippen LogP contribution in [0.3, 0.4) is 0 Å². The molecule has 0 amide bonds. The maximum Gasteiger partial charge on any atom is 0.340 e. The van der Waals surface area contributed by atoms with E-state index in [9.17, 15) is 9.59 Å². The van der Waals surface area contributed by atoms with Crippen molar-refractivity contribution in [3.8, 4) is 11.5 Å². The van der Waals surface area contributed by atoms with E-state index in [1.54, 1.807) is 0 Å². The number of anilines is 2. The van der Waals surface area contributed by atoms with Crippen LogP contribution in [0.1, 0.15) is 20.7 Å². The summed E-state index contributed by atoms with van der Waals surface area (Å²) in [4.78, 5) is 21.9. The van der Waals surface area contributed by atoms with E-state index in [2.05, 4.69) is 4.74 Å². The average molecular weight is 417 g/mol. The number of benzene rings is 2. The second-order valence-electron chi connectivity index (χ2n) is 4.94. The summed E-state index contributed by atoms with van der Waals surface area (Å²) in [7, 11) is 4.12. The van der Waals surface area contributed by atoms with Gasteiger partial charge in [0.2, 0.25) is 0 Å². The second-order valence-corrected chi connectivity index (χ2v) is 5.81. The molecule has 0 fully saturated rings. The molecule has 10 heteroatoms. The summed E-state index contributed by atoms with van der Waals surface area (Å²) < 4.78 is 14.3. The number of hydrogen-bond donors (Lipinski definition) is 3. The number of aromatic carboxylic acids is 1. The third-order valence-corrected chi connectivity index (χ3v) is 3.73. The van der Waals surface area contributed by atoms with Crippen LogP contribution in [0.5, 0.6) is 11.5 Å². The van der Waals surface area contributed by atoms with E-state index in [4.69, 9.17) is 49.2 Å². The molecule has 0 aliphatic carbocycles. The number of hydrogen-bond acceptors (Lipinski definition) is 7. The Labute approximate surface area is 165 Å². The zero-order chi connectivity index (χ0) is 20.7. The van der Waals surface area contributed by atoms with Gasteiger partial charge in [-0.25, -0.2) is 9.59 Å². The predicted molar refractivity (Wildman–Crippen MR) is 103 cm³/mol. The molecule has 2 aromatic carbocycles. The number of ether oxygens (including phenoxy) is 3.